The molecule has 2 aromatic heterocycles. The smallest absolute Gasteiger partial charge is 0.272 e. The molecule has 33 heavy (non-hydrogen) atoms. The molecule has 1 N–H and O–H groups in total. The number of fused-ring (bicyclic) bond motifs is 1. The predicted octanol–water partition coefficient (Wildman–Crippen LogP) is 4.21. The highest BCUT2D eigenvalue weighted by Crippen LogP contribution is 2.33. The van der Waals surface area contributed by atoms with Crippen molar-refractivity contribution in [1.82, 2.24) is 20.2 Å². The molecule has 168 valence electrons. The molecule has 2 aromatic carbocycles. The lowest BCUT2D eigenvalue weighted by Crippen LogP contribution is -2.18. The van der Waals surface area contributed by atoms with Crippen LogP contribution in [0, 0.1) is 6.92 Å². The average molecular weight is 444 g/mol. The van der Waals surface area contributed by atoms with E-state index in [1.807, 2.05) is 61.0 Å². The van der Waals surface area contributed by atoms with Crippen molar-refractivity contribution in [2.75, 3.05) is 14.2 Å². The van der Waals surface area contributed by atoms with Gasteiger partial charge in [-0.25, -0.2) is 10.4 Å². The molecular formula is C25H25N5O3. The van der Waals surface area contributed by atoms with Crippen LogP contribution in [-0.4, -0.2) is 41.1 Å². The van der Waals surface area contributed by atoms with E-state index in [0.29, 0.717) is 28.3 Å². The number of carbonyl (C=O) groups is 1. The zero-order valence-corrected chi connectivity index (χ0v) is 19.0. The summed E-state index contributed by atoms with van der Waals surface area (Å²) in [6.45, 7) is 4.76. The van der Waals surface area contributed by atoms with E-state index in [9.17, 15) is 4.79 Å². The number of methoxy groups -OCH3 is 2. The molecule has 8 heteroatoms. The number of nitrogens with one attached hydrogen (secondary N) is 1. The lowest BCUT2D eigenvalue weighted by molar-refractivity contribution is 0.0956. The number of carbonyl (C=O) groups excluding carboxylic acids is 1. The third kappa shape index (κ3) is 4.41. The maximum Gasteiger partial charge on any atom is 0.272 e. The van der Waals surface area contributed by atoms with Gasteiger partial charge in [-0.15, -0.1) is 0 Å². The Kier molecular flexibility index (Phi) is 6.35. The number of pyridine rings is 1. The maximum absolute atomic E-state index is 13.1. The second-order valence-corrected chi connectivity index (χ2v) is 7.34. The number of ether oxygens (including phenoxy) is 2. The van der Waals surface area contributed by atoms with E-state index in [4.69, 9.17) is 14.5 Å². The van der Waals surface area contributed by atoms with Crippen molar-refractivity contribution >= 4 is 23.0 Å². The van der Waals surface area contributed by atoms with Crippen molar-refractivity contribution in [2.45, 2.75) is 20.4 Å². The van der Waals surface area contributed by atoms with Gasteiger partial charge in [0.05, 0.1) is 43.4 Å². The molecule has 0 aliphatic carbocycles. The van der Waals surface area contributed by atoms with E-state index in [0.717, 1.165) is 28.8 Å². The highest BCUT2D eigenvalue weighted by Gasteiger charge is 2.15. The zero-order chi connectivity index (χ0) is 23.4. The molecule has 4 aromatic rings. The first kappa shape index (κ1) is 22.0. The van der Waals surface area contributed by atoms with Gasteiger partial charge in [-0.1, -0.05) is 18.2 Å². The number of para-hydroxylation sites is 1. The second kappa shape index (κ2) is 9.52. The van der Waals surface area contributed by atoms with Crippen LogP contribution in [0.1, 0.15) is 28.5 Å². The molecule has 0 unspecified atom stereocenters. The minimum Gasteiger partial charge on any atom is -0.493 e. The van der Waals surface area contributed by atoms with E-state index < -0.39 is 0 Å². The summed E-state index contributed by atoms with van der Waals surface area (Å²) in [7, 11) is 3.17. The summed E-state index contributed by atoms with van der Waals surface area (Å²) in [4.78, 5) is 17.8. The monoisotopic (exact) mass is 443 g/mol. The van der Waals surface area contributed by atoms with E-state index >= 15 is 0 Å². The average Bonchev–Trinajstić information content (AvgIpc) is 3.21. The van der Waals surface area contributed by atoms with Crippen molar-refractivity contribution in [3.05, 3.63) is 71.5 Å². The van der Waals surface area contributed by atoms with Crippen LogP contribution in [0.3, 0.4) is 0 Å². The highest BCUT2D eigenvalue weighted by atomic mass is 16.5. The van der Waals surface area contributed by atoms with Crippen molar-refractivity contribution < 1.29 is 14.3 Å². The number of nitrogens with zero attached hydrogens (tertiary/aromatic N) is 4. The zero-order valence-electron chi connectivity index (χ0n) is 19.0. The standard InChI is InChI=1S/C25H25N5O3/c1-5-30-16(2)18(15-27-30)14-26-29-25(31)20-13-22(28-21-9-7-6-8-19(20)21)17-10-11-23(32-3)24(12-17)33-4/h6-15H,5H2,1-4H3,(H,29,31). The number of rotatable bonds is 7. The molecule has 2 heterocycles. The lowest BCUT2D eigenvalue weighted by Gasteiger charge is -2.11. The highest BCUT2D eigenvalue weighted by molar-refractivity contribution is 6.07. The van der Waals surface area contributed by atoms with Crippen LogP contribution in [0.15, 0.2) is 59.8 Å². The minimum atomic E-state index is -0.327. The van der Waals surface area contributed by atoms with Gasteiger partial charge in [0.15, 0.2) is 11.5 Å². The number of aryl methyl sites for hydroxylation is 1. The van der Waals surface area contributed by atoms with E-state index in [-0.39, 0.29) is 5.91 Å². The number of hydrogen-bond acceptors (Lipinski definition) is 6. The Labute approximate surface area is 191 Å². The second-order valence-electron chi connectivity index (χ2n) is 7.34. The summed E-state index contributed by atoms with van der Waals surface area (Å²) in [6.07, 6.45) is 3.33. The Bertz CT molecular complexity index is 1340. The molecule has 0 aliphatic rings. The molecule has 8 nitrogen and oxygen atoms in total. The summed E-state index contributed by atoms with van der Waals surface area (Å²) in [5.74, 6) is 0.881. The Morgan fingerprint density at radius 1 is 1.12 bits per heavy atom. The van der Waals surface area contributed by atoms with Crippen LogP contribution in [0.2, 0.25) is 0 Å². The molecular weight excluding hydrogens is 418 g/mol. The number of amides is 1. The normalized spacial score (nSPS) is 11.2. The third-order valence-corrected chi connectivity index (χ3v) is 5.45. The van der Waals surface area contributed by atoms with E-state index in [2.05, 4.69) is 15.6 Å². The van der Waals surface area contributed by atoms with Crippen LogP contribution in [0.5, 0.6) is 11.5 Å². The van der Waals surface area contributed by atoms with Crippen molar-refractivity contribution in [3.8, 4) is 22.8 Å². The van der Waals surface area contributed by atoms with Gasteiger partial charge < -0.3 is 9.47 Å². The number of hydrogen-bond donors (Lipinski definition) is 1. The fourth-order valence-electron chi connectivity index (χ4n) is 3.63. The summed E-state index contributed by atoms with van der Waals surface area (Å²) in [5, 5.41) is 9.18. The quantitative estimate of drug-likeness (QED) is 0.341. The van der Waals surface area contributed by atoms with Crippen LogP contribution in [0.25, 0.3) is 22.2 Å². The Morgan fingerprint density at radius 2 is 1.91 bits per heavy atom. The summed E-state index contributed by atoms with van der Waals surface area (Å²) >= 11 is 0. The van der Waals surface area contributed by atoms with Gasteiger partial charge in [-0.05, 0) is 44.2 Å². The van der Waals surface area contributed by atoms with Crippen molar-refractivity contribution in [2.24, 2.45) is 5.10 Å². The maximum atomic E-state index is 13.1. The molecule has 0 atom stereocenters. The minimum absolute atomic E-state index is 0.327. The van der Waals surface area contributed by atoms with Gasteiger partial charge in [0, 0.05) is 28.8 Å². The number of hydrazone groups is 1. The first-order valence-electron chi connectivity index (χ1n) is 10.5. The summed E-state index contributed by atoms with van der Waals surface area (Å²) in [6, 6.07) is 14.8. The van der Waals surface area contributed by atoms with Gasteiger partial charge in [0.25, 0.3) is 5.91 Å². The largest absolute Gasteiger partial charge is 0.493 e. The van der Waals surface area contributed by atoms with Crippen LogP contribution >= 0.6 is 0 Å². The van der Waals surface area contributed by atoms with Gasteiger partial charge in [0.1, 0.15) is 0 Å². The van der Waals surface area contributed by atoms with Gasteiger partial charge in [0.2, 0.25) is 0 Å². The predicted molar refractivity (Wildman–Crippen MR) is 128 cm³/mol. The Hall–Kier alpha value is -4.20. The fraction of sp³-hybridized carbons (Fsp3) is 0.200. The SMILES string of the molecule is CCn1ncc(C=NNC(=O)c2cc(-c3ccc(OC)c(OC)c3)nc3ccccc23)c1C. The fourth-order valence-corrected chi connectivity index (χ4v) is 3.63. The molecule has 0 fully saturated rings. The molecule has 1 amide bonds. The number of benzene rings is 2. The van der Waals surface area contributed by atoms with Gasteiger partial charge in [-0.3, -0.25) is 9.48 Å². The first-order chi connectivity index (χ1) is 16.0. The molecule has 0 saturated heterocycles. The van der Waals surface area contributed by atoms with E-state index in [1.54, 1.807) is 32.7 Å². The molecule has 0 radical (unpaired) electrons. The topological polar surface area (TPSA) is 90.6 Å². The number of aromatic nitrogens is 3. The van der Waals surface area contributed by atoms with Crippen LogP contribution in [0.4, 0.5) is 0 Å². The van der Waals surface area contributed by atoms with Crippen LogP contribution in [-0.2, 0) is 6.54 Å². The van der Waals surface area contributed by atoms with Crippen molar-refractivity contribution in [3.63, 3.8) is 0 Å². The molecule has 0 spiro atoms. The van der Waals surface area contributed by atoms with Gasteiger partial charge >= 0.3 is 0 Å². The molecule has 4 rings (SSSR count). The van der Waals surface area contributed by atoms with Crippen LogP contribution < -0.4 is 14.9 Å². The lowest BCUT2D eigenvalue weighted by atomic mass is 10.0. The van der Waals surface area contributed by atoms with Gasteiger partial charge in [-0.2, -0.15) is 10.2 Å². The summed E-state index contributed by atoms with van der Waals surface area (Å²) < 4.78 is 12.6. The third-order valence-electron chi connectivity index (χ3n) is 5.45. The van der Waals surface area contributed by atoms with E-state index in [1.165, 1.54) is 0 Å². The van der Waals surface area contributed by atoms with Crippen molar-refractivity contribution in [1.29, 1.82) is 0 Å². The Balaban J connectivity index is 1.69. The molecule has 0 bridgehead atoms. The summed E-state index contributed by atoms with van der Waals surface area (Å²) in [5.41, 5.74) is 7.10. The first-order valence-corrected chi connectivity index (χ1v) is 10.5. The molecule has 0 aliphatic heterocycles. The molecule has 0 saturated carbocycles. The Morgan fingerprint density at radius 3 is 2.64 bits per heavy atom.